The first kappa shape index (κ1) is 28.2. The third kappa shape index (κ3) is 5.50. The van der Waals surface area contributed by atoms with Gasteiger partial charge in [-0.15, -0.1) is 0 Å². The van der Waals surface area contributed by atoms with Crippen LogP contribution >= 0.6 is 23.2 Å². The maximum absolute atomic E-state index is 15.6. The number of aromatic nitrogens is 1. The van der Waals surface area contributed by atoms with Gasteiger partial charge in [0.2, 0.25) is 11.8 Å². The molecule has 1 aliphatic heterocycles. The molecule has 10 heteroatoms. The van der Waals surface area contributed by atoms with Crippen molar-refractivity contribution in [2.45, 2.75) is 50.7 Å². The largest absolute Gasteiger partial charge is 0.481 e. The van der Waals surface area contributed by atoms with Gasteiger partial charge in [0.25, 0.3) is 0 Å². The molecule has 4 rings (SSSR count). The van der Waals surface area contributed by atoms with Gasteiger partial charge in [-0.3, -0.25) is 4.79 Å². The van der Waals surface area contributed by atoms with Gasteiger partial charge in [-0.1, -0.05) is 62.2 Å². The van der Waals surface area contributed by atoms with Gasteiger partial charge in [-0.25, -0.2) is 13.8 Å². The first-order valence-electron chi connectivity index (χ1n) is 12.1. The topological polar surface area (TPSA) is 89.3 Å². The van der Waals surface area contributed by atoms with E-state index in [4.69, 9.17) is 33.7 Å². The highest BCUT2D eigenvalue weighted by Crippen LogP contribution is 2.50. The molecule has 1 aromatic heterocycles. The smallest absolute Gasteiger partial charge is 0.242 e. The molecular formula is C28H30Cl2F2N4O2. The molecule has 1 amide bonds. The number of hydrogen-bond donors (Lipinski definition) is 3. The summed E-state index contributed by atoms with van der Waals surface area (Å²) in [6, 6.07) is 10.2. The summed E-state index contributed by atoms with van der Waals surface area (Å²) in [6.45, 7) is 6.04. The van der Waals surface area contributed by atoms with Gasteiger partial charge in [-0.05, 0) is 41.7 Å². The minimum Gasteiger partial charge on any atom is -0.481 e. The van der Waals surface area contributed by atoms with E-state index in [9.17, 15) is 4.79 Å². The van der Waals surface area contributed by atoms with Gasteiger partial charge in [0.05, 0.1) is 23.7 Å². The number of nitrogens with zero attached hydrogens (tertiary/aromatic N) is 1. The van der Waals surface area contributed by atoms with Crippen molar-refractivity contribution in [1.29, 1.82) is 0 Å². The fourth-order valence-corrected chi connectivity index (χ4v) is 5.56. The maximum Gasteiger partial charge on any atom is 0.242 e. The minimum atomic E-state index is -1.55. The lowest BCUT2D eigenvalue weighted by molar-refractivity contribution is -0.118. The molecule has 2 aromatic carbocycles. The zero-order valence-corrected chi connectivity index (χ0v) is 23.0. The van der Waals surface area contributed by atoms with Crippen LogP contribution in [0.4, 0.5) is 14.5 Å². The van der Waals surface area contributed by atoms with E-state index < -0.39 is 41.1 Å². The Bertz CT molecular complexity index is 1350. The van der Waals surface area contributed by atoms with E-state index in [0.29, 0.717) is 18.0 Å². The Morgan fingerprint density at radius 3 is 2.58 bits per heavy atom. The highest BCUT2D eigenvalue weighted by Gasteiger charge is 2.58. The Kier molecular flexibility index (Phi) is 8.00. The summed E-state index contributed by atoms with van der Waals surface area (Å²) in [4.78, 5) is 17.9. The highest BCUT2D eigenvalue weighted by atomic mass is 35.5. The van der Waals surface area contributed by atoms with Gasteiger partial charge < -0.3 is 21.1 Å². The Morgan fingerprint density at radius 2 is 1.92 bits per heavy atom. The van der Waals surface area contributed by atoms with Crippen molar-refractivity contribution in [3.63, 3.8) is 0 Å². The van der Waals surface area contributed by atoms with Crippen molar-refractivity contribution in [2.75, 3.05) is 12.4 Å². The zero-order valence-electron chi connectivity index (χ0n) is 21.5. The molecule has 38 heavy (non-hydrogen) atoms. The summed E-state index contributed by atoms with van der Waals surface area (Å²) in [7, 11) is 1.46. The first-order chi connectivity index (χ1) is 17.8. The Balaban J connectivity index is 1.90. The molecule has 1 saturated heterocycles. The van der Waals surface area contributed by atoms with Crippen LogP contribution in [0, 0.1) is 17.0 Å². The SMILES string of the molecule is COc1cc(NC(=O)C2NC(CC(C)(C)C)C(N)(c3ccc(Cl)cc3F)C2c2cccc(Cl)c2F)ccn1. The third-order valence-corrected chi connectivity index (χ3v) is 7.36. The van der Waals surface area contributed by atoms with E-state index in [1.807, 2.05) is 20.8 Å². The van der Waals surface area contributed by atoms with Crippen LogP contribution in [-0.2, 0) is 10.3 Å². The van der Waals surface area contributed by atoms with Crippen molar-refractivity contribution in [3.8, 4) is 5.88 Å². The lowest BCUT2D eigenvalue weighted by Crippen LogP contribution is -2.52. The molecular weight excluding hydrogens is 533 g/mol. The van der Waals surface area contributed by atoms with E-state index in [0.717, 1.165) is 0 Å². The lowest BCUT2D eigenvalue weighted by Gasteiger charge is -2.40. The zero-order chi connectivity index (χ0) is 27.8. The van der Waals surface area contributed by atoms with E-state index in [-0.39, 0.29) is 26.6 Å². The number of halogens is 4. The quantitative estimate of drug-likeness (QED) is 0.341. The van der Waals surface area contributed by atoms with Crippen LogP contribution in [0.5, 0.6) is 5.88 Å². The van der Waals surface area contributed by atoms with Crippen molar-refractivity contribution >= 4 is 34.8 Å². The summed E-state index contributed by atoms with van der Waals surface area (Å²) in [5, 5.41) is 6.24. The third-order valence-electron chi connectivity index (χ3n) is 6.83. The van der Waals surface area contributed by atoms with E-state index >= 15 is 8.78 Å². The second-order valence-electron chi connectivity index (χ2n) is 10.7. The lowest BCUT2D eigenvalue weighted by atomic mass is 9.68. The van der Waals surface area contributed by atoms with E-state index in [2.05, 4.69) is 15.6 Å². The predicted molar refractivity (Wildman–Crippen MR) is 146 cm³/mol. The van der Waals surface area contributed by atoms with Crippen LogP contribution in [0.3, 0.4) is 0 Å². The van der Waals surface area contributed by atoms with Crippen LogP contribution < -0.4 is 21.1 Å². The number of hydrogen-bond acceptors (Lipinski definition) is 5. The van der Waals surface area contributed by atoms with Crippen molar-refractivity contribution in [2.24, 2.45) is 11.1 Å². The highest BCUT2D eigenvalue weighted by molar-refractivity contribution is 6.31. The Hall–Kier alpha value is -2.78. The monoisotopic (exact) mass is 562 g/mol. The number of carbonyl (C=O) groups excluding carboxylic acids is 1. The molecule has 3 aromatic rings. The summed E-state index contributed by atoms with van der Waals surface area (Å²) in [5.41, 5.74) is 6.00. The Morgan fingerprint density at radius 1 is 1.18 bits per heavy atom. The number of rotatable bonds is 6. The minimum absolute atomic E-state index is 0.103. The van der Waals surface area contributed by atoms with Crippen molar-refractivity contribution < 1.29 is 18.3 Å². The van der Waals surface area contributed by atoms with E-state index in [1.165, 1.54) is 43.6 Å². The average molecular weight is 563 g/mol. The fourth-order valence-electron chi connectivity index (χ4n) is 5.22. The molecule has 0 radical (unpaired) electrons. The molecule has 4 unspecified atom stereocenters. The number of amides is 1. The number of anilines is 1. The van der Waals surface area contributed by atoms with Crippen LogP contribution in [0.25, 0.3) is 0 Å². The molecule has 0 saturated carbocycles. The number of ether oxygens (including phenoxy) is 1. The van der Waals surface area contributed by atoms with Gasteiger partial charge in [0.1, 0.15) is 11.6 Å². The van der Waals surface area contributed by atoms with Crippen LogP contribution in [0.15, 0.2) is 54.7 Å². The first-order valence-corrected chi connectivity index (χ1v) is 12.9. The molecule has 1 fully saturated rings. The molecule has 2 heterocycles. The maximum atomic E-state index is 15.6. The molecule has 0 aliphatic carbocycles. The van der Waals surface area contributed by atoms with Gasteiger partial charge in [0.15, 0.2) is 0 Å². The molecule has 4 atom stereocenters. The number of benzene rings is 2. The van der Waals surface area contributed by atoms with Gasteiger partial charge in [-0.2, -0.15) is 0 Å². The van der Waals surface area contributed by atoms with Crippen LogP contribution in [0.2, 0.25) is 10.0 Å². The Labute approximate surface area is 230 Å². The predicted octanol–water partition coefficient (Wildman–Crippen LogP) is 6.03. The molecule has 4 N–H and O–H groups in total. The summed E-state index contributed by atoms with van der Waals surface area (Å²) in [6.07, 6.45) is 1.94. The van der Waals surface area contributed by atoms with E-state index in [1.54, 1.807) is 18.2 Å². The fraction of sp³-hybridized carbons (Fsp3) is 0.357. The summed E-state index contributed by atoms with van der Waals surface area (Å²) in [5.74, 6) is -2.57. The normalized spacial score (nSPS) is 23.3. The molecule has 0 bridgehead atoms. The number of nitrogens with one attached hydrogen (secondary N) is 2. The number of pyridine rings is 1. The molecule has 6 nitrogen and oxygen atoms in total. The van der Waals surface area contributed by atoms with Crippen molar-refractivity contribution in [1.82, 2.24) is 10.3 Å². The van der Waals surface area contributed by atoms with Gasteiger partial charge in [0, 0.05) is 40.5 Å². The standard InChI is InChI=1S/C28H30Cl2F2N4O2/c1-27(2,3)14-21-28(33,18-9-8-15(29)12-20(18)31)23(17-6-5-7-19(30)24(17)32)25(36-21)26(37)35-16-10-11-34-22(13-16)38-4/h5-13,21,23,25,36H,14,33H2,1-4H3,(H,34,35,37). The summed E-state index contributed by atoms with van der Waals surface area (Å²) < 4.78 is 36.3. The van der Waals surface area contributed by atoms with Gasteiger partial charge >= 0.3 is 0 Å². The number of carbonyl (C=O) groups is 1. The second-order valence-corrected chi connectivity index (χ2v) is 11.6. The average Bonchev–Trinajstić information content (AvgIpc) is 3.12. The van der Waals surface area contributed by atoms with Crippen molar-refractivity contribution in [3.05, 3.63) is 87.5 Å². The summed E-state index contributed by atoms with van der Waals surface area (Å²) >= 11 is 12.2. The number of nitrogens with two attached hydrogens (primary N) is 1. The van der Waals surface area contributed by atoms with Crippen LogP contribution in [0.1, 0.15) is 44.2 Å². The van der Waals surface area contributed by atoms with Crippen LogP contribution in [-0.4, -0.2) is 30.1 Å². The molecule has 202 valence electrons. The molecule has 0 spiro atoms. The number of methoxy groups -OCH3 is 1. The second kappa shape index (κ2) is 10.8. The molecule has 1 aliphatic rings.